The van der Waals surface area contributed by atoms with Gasteiger partial charge in [0.05, 0.1) is 17.5 Å². The van der Waals surface area contributed by atoms with Crippen LogP contribution < -0.4 is 10.6 Å². The number of halogens is 1. The molecule has 1 saturated heterocycles. The van der Waals surface area contributed by atoms with Crippen LogP contribution in [-0.2, 0) is 9.59 Å². The molecule has 3 amide bonds. The Morgan fingerprint density at radius 1 is 1.13 bits per heavy atom. The van der Waals surface area contributed by atoms with Crippen LogP contribution in [0.2, 0.25) is 5.02 Å². The molecule has 0 bridgehead atoms. The van der Waals surface area contributed by atoms with Crippen molar-refractivity contribution in [3.05, 3.63) is 64.7 Å². The lowest BCUT2D eigenvalue weighted by atomic mass is 10.2. The molecule has 154 valence electrons. The average Bonchev–Trinajstić information content (AvgIpc) is 3.25. The number of rotatable bonds is 6. The van der Waals surface area contributed by atoms with Gasteiger partial charge < -0.3 is 15.5 Å². The van der Waals surface area contributed by atoms with Crippen LogP contribution in [0.3, 0.4) is 0 Å². The molecule has 30 heavy (non-hydrogen) atoms. The van der Waals surface area contributed by atoms with Gasteiger partial charge in [0.15, 0.2) is 0 Å². The molecule has 2 aromatic rings. The molecule has 3 rings (SSSR count). The zero-order chi connectivity index (χ0) is 21.5. The summed E-state index contributed by atoms with van der Waals surface area (Å²) in [7, 11) is 0. The number of carbonyl (C=O) groups excluding carboxylic acids is 3. The van der Waals surface area contributed by atoms with E-state index in [1.165, 1.54) is 16.7 Å². The first-order valence-electron chi connectivity index (χ1n) is 9.20. The van der Waals surface area contributed by atoms with E-state index in [4.69, 9.17) is 16.9 Å². The number of thioether (sulfide) groups is 1. The number of benzene rings is 2. The fourth-order valence-electron chi connectivity index (χ4n) is 2.89. The van der Waals surface area contributed by atoms with Gasteiger partial charge in [-0.15, -0.1) is 11.8 Å². The molecular formula is C21H19ClN4O3S. The Morgan fingerprint density at radius 2 is 1.83 bits per heavy atom. The van der Waals surface area contributed by atoms with Crippen molar-refractivity contribution in [3.8, 4) is 6.07 Å². The Bertz CT molecular complexity index is 973. The number of nitrogens with one attached hydrogen (secondary N) is 2. The Hall–Kier alpha value is -3.02. The van der Waals surface area contributed by atoms with Crippen molar-refractivity contribution >= 4 is 46.8 Å². The van der Waals surface area contributed by atoms with Gasteiger partial charge in [-0.05, 0) is 48.5 Å². The van der Waals surface area contributed by atoms with E-state index >= 15 is 0 Å². The fourth-order valence-corrected chi connectivity index (χ4v) is 4.20. The number of anilines is 1. The zero-order valence-electron chi connectivity index (χ0n) is 15.9. The third kappa shape index (κ3) is 5.53. The third-order valence-electron chi connectivity index (χ3n) is 4.52. The maximum absolute atomic E-state index is 12.6. The first-order chi connectivity index (χ1) is 14.5. The topological polar surface area (TPSA) is 102 Å². The lowest BCUT2D eigenvalue weighted by Crippen LogP contribution is -2.45. The maximum atomic E-state index is 12.6. The standard InChI is InChI=1S/C21H19ClN4O3S/c22-16-5-3-15(4-6-16)20(28)24-10-9-19(27)26-13-30-12-18(26)21(29)25-17-7-1-14(11-23)2-8-17/h1-8,18H,9-10,12-13H2,(H,24,28)(H,25,29). The van der Waals surface area contributed by atoms with Crippen molar-refractivity contribution in [2.24, 2.45) is 0 Å². The number of nitrogens with zero attached hydrogens (tertiary/aromatic N) is 2. The van der Waals surface area contributed by atoms with Gasteiger partial charge in [-0.2, -0.15) is 5.26 Å². The SMILES string of the molecule is N#Cc1ccc(NC(=O)C2CSCN2C(=O)CCNC(=O)c2ccc(Cl)cc2)cc1. The Balaban J connectivity index is 1.50. The van der Waals surface area contributed by atoms with Crippen molar-refractivity contribution < 1.29 is 14.4 Å². The molecule has 1 aliphatic heterocycles. The van der Waals surface area contributed by atoms with Crippen LogP contribution in [0.25, 0.3) is 0 Å². The molecular weight excluding hydrogens is 424 g/mol. The Morgan fingerprint density at radius 3 is 2.50 bits per heavy atom. The summed E-state index contributed by atoms with van der Waals surface area (Å²) in [6.07, 6.45) is 0.0978. The summed E-state index contributed by atoms with van der Waals surface area (Å²) < 4.78 is 0. The number of hydrogen-bond donors (Lipinski definition) is 2. The molecule has 1 atom stereocenters. The summed E-state index contributed by atoms with van der Waals surface area (Å²) in [5.41, 5.74) is 1.53. The number of nitriles is 1. The largest absolute Gasteiger partial charge is 0.352 e. The van der Waals surface area contributed by atoms with Gasteiger partial charge in [-0.25, -0.2) is 0 Å². The number of hydrogen-bond acceptors (Lipinski definition) is 5. The zero-order valence-corrected chi connectivity index (χ0v) is 17.5. The van der Waals surface area contributed by atoms with Gasteiger partial charge >= 0.3 is 0 Å². The van der Waals surface area contributed by atoms with Gasteiger partial charge in [0, 0.05) is 35.0 Å². The summed E-state index contributed by atoms with van der Waals surface area (Å²) in [4.78, 5) is 38.8. The second-order valence-corrected chi connectivity index (χ2v) is 8.01. The molecule has 7 nitrogen and oxygen atoms in total. The predicted molar refractivity (Wildman–Crippen MR) is 116 cm³/mol. The van der Waals surface area contributed by atoms with E-state index < -0.39 is 6.04 Å². The van der Waals surface area contributed by atoms with E-state index in [1.54, 1.807) is 48.5 Å². The van der Waals surface area contributed by atoms with E-state index in [0.29, 0.717) is 33.5 Å². The molecule has 0 aromatic heterocycles. The van der Waals surface area contributed by atoms with E-state index in [2.05, 4.69) is 10.6 Å². The maximum Gasteiger partial charge on any atom is 0.251 e. The summed E-state index contributed by atoms with van der Waals surface area (Å²) in [5.74, 6) is 0.172. The highest BCUT2D eigenvalue weighted by Crippen LogP contribution is 2.23. The van der Waals surface area contributed by atoms with Crippen LogP contribution in [0.5, 0.6) is 0 Å². The first kappa shape index (κ1) is 21.7. The highest BCUT2D eigenvalue weighted by Gasteiger charge is 2.34. The second-order valence-electron chi connectivity index (χ2n) is 6.57. The summed E-state index contributed by atoms with van der Waals surface area (Å²) in [5, 5.41) is 14.9. The van der Waals surface area contributed by atoms with Crippen molar-refractivity contribution in [2.75, 3.05) is 23.5 Å². The fraction of sp³-hybridized carbons (Fsp3) is 0.238. The van der Waals surface area contributed by atoms with Crippen LogP contribution in [0.1, 0.15) is 22.3 Å². The first-order valence-corrected chi connectivity index (χ1v) is 10.7. The minimum absolute atomic E-state index is 0.0978. The summed E-state index contributed by atoms with van der Waals surface area (Å²) in [6, 6.07) is 14.4. The normalized spacial score (nSPS) is 15.3. The van der Waals surface area contributed by atoms with Crippen LogP contribution >= 0.6 is 23.4 Å². The number of carbonyl (C=O) groups is 3. The van der Waals surface area contributed by atoms with Crippen molar-refractivity contribution in [1.29, 1.82) is 5.26 Å². The van der Waals surface area contributed by atoms with Crippen LogP contribution in [0, 0.1) is 11.3 Å². The van der Waals surface area contributed by atoms with Gasteiger partial charge in [0.1, 0.15) is 6.04 Å². The van der Waals surface area contributed by atoms with Crippen molar-refractivity contribution in [3.63, 3.8) is 0 Å². The molecule has 1 fully saturated rings. The van der Waals surface area contributed by atoms with E-state index in [9.17, 15) is 14.4 Å². The average molecular weight is 443 g/mol. The summed E-state index contributed by atoms with van der Waals surface area (Å²) in [6.45, 7) is 0.172. The second kappa shape index (κ2) is 10.1. The summed E-state index contributed by atoms with van der Waals surface area (Å²) >= 11 is 7.31. The molecule has 0 spiro atoms. The minimum atomic E-state index is -0.579. The highest BCUT2D eigenvalue weighted by atomic mass is 35.5. The van der Waals surface area contributed by atoms with Crippen LogP contribution in [0.15, 0.2) is 48.5 Å². The predicted octanol–water partition coefficient (Wildman–Crippen LogP) is 2.87. The third-order valence-corrected chi connectivity index (χ3v) is 5.78. The van der Waals surface area contributed by atoms with Crippen LogP contribution in [-0.4, -0.2) is 46.8 Å². The molecule has 9 heteroatoms. The van der Waals surface area contributed by atoms with Crippen molar-refractivity contribution in [1.82, 2.24) is 10.2 Å². The Labute approximate surface area is 183 Å². The molecule has 1 heterocycles. The molecule has 1 aliphatic rings. The number of amides is 3. The lowest BCUT2D eigenvalue weighted by Gasteiger charge is -2.23. The molecule has 0 aliphatic carbocycles. The Kier molecular flexibility index (Phi) is 7.33. The minimum Gasteiger partial charge on any atom is -0.352 e. The molecule has 1 unspecified atom stereocenters. The molecule has 2 aromatic carbocycles. The molecule has 2 N–H and O–H groups in total. The van der Waals surface area contributed by atoms with Gasteiger partial charge in [0.25, 0.3) is 5.91 Å². The van der Waals surface area contributed by atoms with E-state index in [0.717, 1.165) is 0 Å². The van der Waals surface area contributed by atoms with Gasteiger partial charge in [0.2, 0.25) is 11.8 Å². The van der Waals surface area contributed by atoms with Gasteiger partial charge in [-0.1, -0.05) is 11.6 Å². The highest BCUT2D eigenvalue weighted by molar-refractivity contribution is 7.99. The lowest BCUT2D eigenvalue weighted by molar-refractivity contribution is -0.136. The van der Waals surface area contributed by atoms with Gasteiger partial charge in [-0.3, -0.25) is 14.4 Å². The monoisotopic (exact) mass is 442 g/mol. The molecule has 0 radical (unpaired) electrons. The van der Waals surface area contributed by atoms with E-state index in [1.807, 2.05) is 6.07 Å². The van der Waals surface area contributed by atoms with Crippen molar-refractivity contribution in [2.45, 2.75) is 12.5 Å². The smallest absolute Gasteiger partial charge is 0.251 e. The van der Waals surface area contributed by atoms with E-state index in [-0.39, 0.29) is 30.7 Å². The quantitative estimate of drug-likeness (QED) is 0.716. The van der Waals surface area contributed by atoms with Crippen LogP contribution in [0.4, 0.5) is 5.69 Å². The molecule has 0 saturated carbocycles.